The number of nitrogens with zero attached hydrogens (tertiary/aromatic N) is 1. The van der Waals surface area contributed by atoms with E-state index < -0.39 is 0 Å². The molecule has 0 atom stereocenters. The molecule has 0 aliphatic rings. The highest BCUT2D eigenvalue weighted by atomic mass is 16.2. The average Bonchev–Trinajstić information content (AvgIpc) is 2.39. The van der Waals surface area contributed by atoms with E-state index in [4.69, 9.17) is 5.73 Å². The molecule has 0 aliphatic heterocycles. The van der Waals surface area contributed by atoms with E-state index in [0.717, 1.165) is 0 Å². The third-order valence-corrected chi connectivity index (χ3v) is 3.07. The minimum Gasteiger partial charge on any atom is -0.341 e. The van der Waals surface area contributed by atoms with Crippen LogP contribution in [0.3, 0.4) is 0 Å². The second-order valence-electron chi connectivity index (χ2n) is 4.43. The maximum Gasteiger partial charge on any atom is 0.223 e. The number of hydrogen-bond donors (Lipinski definition) is 1. The van der Waals surface area contributed by atoms with Crippen LogP contribution in [0.2, 0.25) is 0 Å². The Balaban J connectivity index is 2.24. The number of amides is 1. The second kappa shape index (κ2) is 5.65. The summed E-state index contributed by atoms with van der Waals surface area (Å²) in [5.41, 5.74) is 6.57. The summed E-state index contributed by atoms with van der Waals surface area (Å²) in [5.74, 6) is 0.0884. The van der Waals surface area contributed by atoms with Crippen LogP contribution in [0.25, 0.3) is 10.8 Å². The number of carbonyl (C=O) groups is 1. The Kier molecular flexibility index (Phi) is 3.95. The third kappa shape index (κ3) is 2.68. The Morgan fingerprint density at radius 2 is 1.89 bits per heavy atom. The van der Waals surface area contributed by atoms with E-state index in [9.17, 15) is 4.79 Å². The average molecular weight is 242 g/mol. The number of hydrogen-bond acceptors (Lipinski definition) is 2. The zero-order valence-corrected chi connectivity index (χ0v) is 10.6. The van der Waals surface area contributed by atoms with E-state index in [1.165, 1.54) is 16.3 Å². The van der Waals surface area contributed by atoms with E-state index in [1.807, 2.05) is 25.2 Å². The first-order chi connectivity index (χ1) is 8.72. The van der Waals surface area contributed by atoms with Gasteiger partial charge in [-0.1, -0.05) is 42.5 Å². The fourth-order valence-electron chi connectivity index (χ4n) is 2.09. The molecule has 0 saturated heterocycles. The number of rotatable bonds is 4. The molecule has 18 heavy (non-hydrogen) atoms. The highest BCUT2D eigenvalue weighted by Gasteiger charge is 2.09. The first kappa shape index (κ1) is 12.6. The lowest BCUT2D eigenvalue weighted by molar-refractivity contribution is -0.130. The zero-order chi connectivity index (χ0) is 13.0. The van der Waals surface area contributed by atoms with Crippen molar-refractivity contribution in [3.05, 3.63) is 48.0 Å². The highest BCUT2D eigenvalue weighted by Crippen LogP contribution is 2.19. The molecule has 0 heterocycles. The molecule has 2 rings (SSSR count). The van der Waals surface area contributed by atoms with Crippen LogP contribution in [0.4, 0.5) is 0 Å². The van der Waals surface area contributed by atoms with Gasteiger partial charge in [-0.3, -0.25) is 4.79 Å². The molecule has 0 bridgehead atoms. The van der Waals surface area contributed by atoms with Crippen molar-refractivity contribution in [2.24, 2.45) is 5.73 Å². The van der Waals surface area contributed by atoms with Gasteiger partial charge in [-0.15, -0.1) is 0 Å². The summed E-state index contributed by atoms with van der Waals surface area (Å²) in [4.78, 5) is 13.5. The van der Waals surface area contributed by atoms with Gasteiger partial charge in [-0.05, 0) is 16.3 Å². The predicted molar refractivity (Wildman–Crippen MR) is 74.1 cm³/mol. The molecule has 0 fully saturated rings. The van der Waals surface area contributed by atoms with Gasteiger partial charge in [0.25, 0.3) is 0 Å². The van der Waals surface area contributed by atoms with Crippen LogP contribution in [0, 0.1) is 0 Å². The molecule has 0 aliphatic carbocycles. The van der Waals surface area contributed by atoms with E-state index >= 15 is 0 Å². The highest BCUT2D eigenvalue weighted by molar-refractivity contribution is 5.86. The van der Waals surface area contributed by atoms with Crippen LogP contribution in [-0.4, -0.2) is 24.4 Å². The summed E-state index contributed by atoms with van der Waals surface area (Å²) in [6, 6.07) is 14.4. The van der Waals surface area contributed by atoms with Gasteiger partial charge in [0.1, 0.15) is 0 Å². The summed E-state index contributed by atoms with van der Waals surface area (Å²) >= 11 is 0. The molecule has 0 radical (unpaired) electrons. The Bertz CT molecular complexity index is 546. The van der Waals surface area contributed by atoms with Gasteiger partial charge in [-0.25, -0.2) is 0 Å². The largest absolute Gasteiger partial charge is 0.341 e. The van der Waals surface area contributed by atoms with Crippen molar-refractivity contribution < 1.29 is 4.79 Å². The lowest BCUT2D eigenvalue weighted by Gasteiger charge is -2.18. The molecule has 3 heteroatoms. The van der Waals surface area contributed by atoms with Crippen LogP contribution in [0.5, 0.6) is 0 Å². The summed E-state index contributed by atoms with van der Waals surface area (Å²) in [5, 5.41) is 2.40. The lowest BCUT2D eigenvalue weighted by atomic mass is 10.0. The van der Waals surface area contributed by atoms with Gasteiger partial charge in [0.2, 0.25) is 5.91 Å². The van der Waals surface area contributed by atoms with E-state index in [-0.39, 0.29) is 5.91 Å². The van der Waals surface area contributed by atoms with Crippen LogP contribution < -0.4 is 5.73 Å². The first-order valence-corrected chi connectivity index (χ1v) is 6.13. The summed E-state index contributed by atoms with van der Waals surface area (Å²) < 4.78 is 0. The summed E-state index contributed by atoms with van der Waals surface area (Å²) in [7, 11) is 1.82. The fourth-order valence-corrected chi connectivity index (χ4v) is 2.09. The molecule has 3 nitrogen and oxygen atoms in total. The van der Waals surface area contributed by atoms with E-state index in [0.29, 0.717) is 19.5 Å². The Morgan fingerprint density at radius 1 is 1.17 bits per heavy atom. The minimum atomic E-state index is 0.0884. The van der Waals surface area contributed by atoms with Gasteiger partial charge in [0.15, 0.2) is 0 Å². The molecule has 2 aromatic carbocycles. The molecule has 2 N–H and O–H groups in total. The van der Waals surface area contributed by atoms with Crippen molar-refractivity contribution in [3.8, 4) is 0 Å². The smallest absolute Gasteiger partial charge is 0.223 e. The quantitative estimate of drug-likeness (QED) is 0.893. The van der Waals surface area contributed by atoms with Crippen molar-refractivity contribution in [2.75, 3.05) is 13.6 Å². The molecule has 2 aromatic rings. The van der Waals surface area contributed by atoms with Gasteiger partial charge in [-0.2, -0.15) is 0 Å². The lowest BCUT2D eigenvalue weighted by Crippen LogP contribution is -2.28. The van der Waals surface area contributed by atoms with E-state index in [2.05, 4.69) is 24.3 Å². The summed E-state index contributed by atoms with van der Waals surface area (Å²) in [6.45, 7) is 1.03. The third-order valence-electron chi connectivity index (χ3n) is 3.07. The van der Waals surface area contributed by atoms with Crippen molar-refractivity contribution in [2.45, 2.75) is 13.0 Å². The molecule has 94 valence electrons. The predicted octanol–water partition coefficient (Wildman–Crippen LogP) is 2.15. The van der Waals surface area contributed by atoms with Crippen molar-refractivity contribution in [1.29, 1.82) is 0 Å². The molecule has 1 amide bonds. The standard InChI is InChI=1S/C15H18N2O/c1-17(15(18)9-10-16)11-13-7-4-6-12-5-2-3-8-14(12)13/h2-8H,9-11,16H2,1H3. The van der Waals surface area contributed by atoms with Gasteiger partial charge < -0.3 is 10.6 Å². The normalized spacial score (nSPS) is 10.6. The molecule has 0 spiro atoms. The molecule has 0 aromatic heterocycles. The zero-order valence-electron chi connectivity index (χ0n) is 10.6. The minimum absolute atomic E-state index is 0.0884. The Hall–Kier alpha value is -1.87. The van der Waals surface area contributed by atoms with Crippen LogP contribution in [0.15, 0.2) is 42.5 Å². The monoisotopic (exact) mass is 242 g/mol. The molecule has 0 saturated carbocycles. The van der Waals surface area contributed by atoms with Crippen molar-refractivity contribution >= 4 is 16.7 Å². The molecular weight excluding hydrogens is 224 g/mol. The van der Waals surface area contributed by atoms with Gasteiger partial charge >= 0.3 is 0 Å². The second-order valence-corrected chi connectivity index (χ2v) is 4.43. The first-order valence-electron chi connectivity index (χ1n) is 6.13. The van der Waals surface area contributed by atoms with Gasteiger partial charge in [0.05, 0.1) is 0 Å². The number of benzene rings is 2. The number of fused-ring (bicyclic) bond motifs is 1. The maximum atomic E-state index is 11.7. The van der Waals surface area contributed by atoms with Crippen LogP contribution in [0.1, 0.15) is 12.0 Å². The topological polar surface area (TPSA) is 46.3 Å². The summed E-state index contributed by atoms with van der Waals surface area (Å²) in [6.07, 6.45) is 0.404. The molecular formula is C15H18N2O. The Morgan fingerprint density at radius 3 is 2.67 bits per heavy atom. The van der Waals surface area contributed by atoms with Crippen LogP contribution in [-0.2, 0) is 11.3 Å². The Labute approximate surface area is 107 Å². The molecule has 0 unspecified atom stereocenters. The maximum absolute atomic E-state index is 11.7. The van der Waals surface area contributed by atoms with Gasteiger partial charge in [0, 0.05) is 26.6 Å². The van der Waals surface area contributed by atoms with E-state index in [1.54, 1.807) is 4.90 Å². The number of carbonyl (C=O) groups excluding carboxylic acids is 1. The number of nitrogens with two attached hydrogens (primary N) is 1. The van der Waals surface area contributed by atoms with Crippen molar-refractivity contribution in [3.63, 3.8) is 0 Å². The fraction of sp³-hybridized carbons (Fsp3) is 0.267. The van der Waals surface area contributed by atoms with Crippen molar-refractivity contribution in [1.82, 2.24) is 4.90 Å². The SMILES string of the molecule is CN(Cc1cccc2ccccc12)C(=O)CCN. The van der Waals surface area contributed by atoms with Crippen LogP contribution >= 0.6 is 0 Å².